The Morgan fingerprint density at radius 1 is 1.15 bits per heavy atom. The summed E-state index contributed by atoms with van der Waals surface area (Å²) < 4.78 is 13.1. The van der Waals surface area contributed by atoms with Crippen molar-refractivity contribution in [2.24, 2.45) is 0 Å². The van der Waals surface area contributed by atoms with E-state index in [1.165, 1.54) is 17.7 Å². The van der Waals surface area contributed by atoms with Crippen molar-refractivity contribution in [3.05, 3.63) is 71.5 Å². The van der Waals surface area contributed by atoms with Crippen molar-refractivity contribution < 1.29 is 9.18 Å². The molecule has 0 bridgehead atoms. The molecule has 0 heterocycles. The van der Waals surface area contributed by atoms with Gasteiger partial charge < -0.3 is 5.32 Å². The SMILES string of the molecule is CC[C@H](Cc1ccccc1)NC(=O)c1cccc(F)c1. The fraction of sp³-hybridized carbons (Fsp3) is 0.235. The van der Waals surface area contributed by atoms with Crippen LogP contribution in [0.1, 0.15) is 29.3 Å². The molecule has 0 saturated heterocycles. The Kier molecular flexibility index (Phi) is 4.88. The van der Waals surface area contributed by atoms with Crippen molar-refractivity contribution in [2.75, 3.05) is 0 Å². The molecule has 0 spiro atoms. The quantitative estimate of drug-likeness (QED) is 0.885. The number of benzene rings is 2. The average Bonchev–Trinajstić information content (AvgIpc) is 2.47. The predicted molar refractivity (Wildman–Crippen MR) is 78.1 cm³/mol. The molecule has 2 aromatic carbocycles. The van der Waals surface area contributed by atoms with E-state index in [1.54, 1.807) is 12.1 Å². The average molecular weight is 271 g/mol. The Morgan fingerprint density at radius 3 is 2.55 bits per heavy atom. The minimum absolute atomic E-state index is 0.0492. The number of hydrogen-bond acceptors (Lipinski definition) is 1. The van der Waals surface area contributed by atoms with Gasteiger partial charge in [0.1, 0.15) is 5.82 Å². The van der Waals surface area contributed by atoms with Crippen molar-refractivity contribution in [3.8, 4) is 0 Å². The van der Waals surface area contributed by atoms with Gasteiger partial charge in [-0.15, -0.1) is 0 Å². The van der Waals surface area contributed by atoms with E-state index in [1.807, 2.05) is 37.3 Å². The first kappa shape index (κ1) is 14.3. The lowest BCUT2D eigenvalue weighted by molar-refractivity contribution is 0.0935. The summed E-state index contributed by atoms with van der Waals surface area (Å²) in [5.74, 6) is -0.624. The highest BCUT2D eigenvalue weighted by atomic mass is 19.1. The fourth-order valence-electron chi connectivity index (χ4n) is 2.09. The van der Waals surface area contributed by atoms with Gasteiger partial charge in [0, 0.05) is 11.6 Å². The summed E-state index contributed by atoms with van der Waals surface area (Å²) >= 11 is 0. The Balaban J connectivity index is 2.01. The molecular formula is C17H18FNO. The summed E-state index contributed by atoms with van der Waals surface area (Å²) in [6, 6.07) is 15.8. The van der Waals surface area contributed by atoms with Gasteiger partial charge in [0.25, 0.3) is 5.91 Å². The van der Waals surface area contributed by atoms with Crippen LogP contribution in [0.4, 0.5) is 4.39 Å². The number of nitrogens with one attached hydrogen (secondary N) is 1. The summed E-state index contributed by atoms with van der Waals surface area (Å²) in [6.45, 7) is 2.03. The van der Waals surface area contributed by atoms with Gasteiger partial charge in [-0.2, -0.15) is 0 Å². The molecule has 2 rings (SSSR count). The lowest BCUT2D eigenvalue weighted by Crippen LogP contribution is -2.36. The van der Waals surface area contributed by atoms with Crippen molar-refractivity contribution in [3.63, 3.8) is 0 Å². The number of halogens is 1. The second kappa shape index (κ2) is 6.85. The summed E-state index contributed by atoms with van der Waals surface area (Å²) in [4.78, 5) is 12.1. The minimum atomic E-state index is -0.395. The number of hydrogen-bond donors (Lipinski definition) is 1. The van der Waals surface area contributed by atoms with E-state index < -0.39 is 5.82 Å². The molecule has 0 radical (unpaired) electrons. The van der Waals surface area contributed by atoms with E-state index in [9.17, 15) is 9.18 Å². The molecule has 2 aromatic rings. The second-order valence-electron chi connectivity index (χ2n) is 4.78. The maximum atomic E-state index is 13.1. The van der Waals surface area contributed by atoms with Gasteiger partial charge >= 0.3 is 0 Å². The Hall–Kier alpha value is -2.16. The lowest BCUT2D eigenvalue weighted by Gasteiger charge is -2.17. The molecule has 0 aromatic heterocycles. The zero-order valence-electron chi connectivity index (χ0n) is 11.5. The third-order valence-corrected chi connectivity index (χ3v) is 3.24. The van der Waals surface area contributed by atoms with E-state index in [-0.39, 0.29) is 11.9 Å². The highest BCUT2D eigenvalue weighted by Gasteiger charge is 2.13. The second-order valence-corrected chi connectivity index (χ2v) is 4.78. The van der Waals surface area contributed by atoms with Crippen LogP contribution in [-0.4, -0.2) is 11.9 Å². The summed E-state index contributed by atoms with van der Waals surface area (Å²) in [5.41, 5.74) is 1.54. The van der Waals surface area contributed by atoms with Crippen LogP contribution < -0.4 is 5.32 Å². The molecule has 0 aliphatic carbocycles. The lowest BCUT2D eigenvalue weighted by atomic mass is 10.0. The molecule has 3 heteroatoms. The summed E-state index contributed by atoms with van der Waals surface area (Å²) in [6.07, 6.45) is 1.61. The maximum absolute atomic E-state index is 13.1. The number of carbonyl (C=O) groups is 1. The highest BCUT2D eigenvalue weighted by molar-refractivity contribution is 5.94. The molecule has 2 nitrogen and oxygen atoms in total. The molecule has 0 fully saturated rings. The normalized spacial score (nSPS) is 11.9. The van der Waals surface area contributed by atoms with E-state index in [0.717, 1.165) is 12.8 Å². The van der Waals surface area contributed by atoms with E-state index in [4.69, 9.17) is 0 Å². The Bertz CT molecular complexity index is 568. The molecule has 104 valence electrons. The Labute approximate surface area is 118 Å². The zero-order valence-corrected chi connectivity index (χ0v) is 11.5. The van der Waals surface area contributed by atoms with Crippen LogP contribution in [0.5, 0.6) is 0 Å². The molecule has 0 aliphatic heterocycles. The van der Waals surface area contributed by atoms with Gasteiger partial charge in [-0.1, -0.05) is 43.3 Å². The largest absolute Gasteiger partial charge is 0.349 e. The van der Waals surface area contributed by atoms with Crippen molar-refractivity contribution >= 4 is 5.91 Å². The molecule has 0 saturated carbocycles. The highest BCUT2D eigenvalue weighted by Crippen LogP contribution is 2.08. The Morgan fingerprint density at radius 2 is 1.90 bits per heavy atom. The maximum Gasteiger partial charge on any atom is 0.251 e. The third-order valence-electron chi connectivity index (χ3n) is 3.24. The summed E-state index contributed by atoms with van der Waals surface area (Å²) in [7, 11) is 0. The van der Waals surface area contributed by atoms with Gasteiger partial charge in [-0.3, -0.25) is 4.79 Å². The van der Waals surface area contributed by atoms with Crippen molar-refractivity contribution in [1.82, 2.24) is 5.32 Å². The van der Waals surface area contributed by atoms with Gasteiger partial charge in [0.15, 0.2) is 0 Å². The van der Waals surface area contributed by atoms with Crippen LogP contribution in [0.15, 0.2) is 54.6 Å². The third kappa shape index (κ3) is 3.92. The number of carbonyl (C=O) groups excluding carboxylic acids is 1. The van der Waals surface area contributed by atoms with Crippen molar-refractivity contribution in [2.45, 2.75) is 25.8 Å². The van der Waals surface area contributed by atoms with Gasteiger partial charge in [0.05, 0.1) is 0 Å². The van der Waals surface area contributed by atoms with Crippen molar-refractivity contribution in [1.29, 1.82) is 0 Å². The summed E-state index contributed by atoms with van der Waals surface area (Å²) in [5, 5.41) is 2.95. The smallest absolute Gasteiger partial charge is 0.251 e. The van der Waals surface area contributed by atoms with Gasteiger partial charge in [-0.25, -0.2) is 4.39 Å². The van der Waals surface area contributed by atoms with E-state index >= 15 is 0 Å². The molecule has 0 unspecified atom stereocenters. The van der Waals surface area contributed by atoms with E-state index in [2.05, 4.69) is 5.32 Å². The molecular weight excluding hydrogens is 253 g/mol. The predicted octanol–water partition coefficient (Wildman–Crippen LogP) is 3.58. The van der Waals surface area contributed by atoms with Crippen LogP contribution in [-0.2, 0) is 6.42 Å². The molecule has 1 atom stereocenters. The first-order valence-corrected chi connectivity index (χ1v) is 6.79. The standard InChI is InChI=1S/C17H18FNO/c1-2-16(11-13-7-4-3-5-8-13)19-17(20)14-9-6-10-15(18)12-14/h3-10,12,16H,2,11H2,1H3,(H,19,20)/t16-/m1/s1. The van der Waals surface area contributed by atoms with Crippen LogP contribution in [0.25, 0.3) is 0 Å². The zero-order chi connectivity index (χ0) is 14.4. The van der Waals surface area contributed by atoms with E-state index in [0.29, 0.717) is 5.56 Å². The molecule has 1 N–H and O–H groups in total. The molecule has 1 amide bonds. The first-order chi connectivity index (χ1) is 9.69. The number of rotatable bonds is 5. The van der Waals surface area contributed by atoms with Crippen LogP contribution >= 0.6 is 0 Å². The molecule has 0 aliphatic rings. The minimum Gasteiger partial charge on any atom is -0.349 e. The monoisotopic (exact) mass is 271 g/mol. The van der Waals surface area contributed by atoms with Crippen LogP contribution in [0.2, 0.25) is 0 Å². The van der Waals surface area contributed by atoms with Gasteiger partial charge in [-0.05, 0) is 36.6 Å². The van der Waals surface area contributed by atoms with Crippen LogP contribution in [0, 0.1) is 5.82 Å². The molecule has 20 heavy (non-hydrogen) atoms. The first-order valence-electron chi connectivity index (χ1n) is 6.79. The van der Waals surface area contributed by atoms with Crippen LogP contribution in [0.3, 0.4) is 0 Å². The topological polar surface area (TPSA) is 29.1 Å². The fourth-order valence-corrected chi connectivity index (χ4v) is 2.09. The van der Waals surface area contributed by atoms with Gasteiger partial charge in [0.2, 0.25) is 0 Å². The number of amides is 1.